The molecule has 2 heterocycles. The smallest absolute Gasteiger partial charge is 0.342 e. The van der Waals surface area contributed by atoms with Gasteiger partial charge in [-0.1, -0.05) is 6.07 Å². The van der Waals surface area contributed by atoms with E-state index < -0.39 is 12.1 Å². The number of benzene rings is 1. The van der Waals surface area contributed by atoms with Crippen molar-refractivity contribution in [3.8, 4) is 5.75 Å². The van der Waals surface area contributed by atoms with Crippen molar-refractivity contribution in [2.75, 3.05) is 11.9 Å². The molecule has 0 fully saturated rings. The van der Waals surface area contributed by atoms with Gasteiger partial charge in [-0.15, -0.1) is 0 Å². The van der Waals surface area contributed by atoms with Gasteiger partial charge in [0.1, 0.15) is 5.56 Å². The standard InChI is InChI=1S/C17H19N3O4/c1-11-16(21)19-14-7-3-6-13(15(14)24-11)17(22)23-8-4-5-12-9-18-20(2)10-12/h3,6-7,9-11H,4-5,8H2,1-2H3,(H,19,21). The van der Waals surface area contributed by atoms with Gasteiger partial charge < -0.3 is 14.8 Å². The number of para-hydroxylation sites is 1. The van der Waals surface area contributed by atoms with Gasteiger partial charge in [0, 0.05) is 13.2 Å². The van der Waals surface area contributed by atoms with Crippen molar-refractivity contribution in [3.05, 3.63) is 41.7 Å². The normalized spacial score (nSPS) is 16.1. The van der Waals surface area contributed by atoms with E-state index in [1.807, 2.05) is 13.2 Å². The monoisotopic (exact) mass is 329 g/mol. The fourth-order valence-electron chi connectivity index (χ4n) is 2.51. The Kier molecular flexibility index (Phi) is 4.50. The van der Waals surface area contributed by atoms with Crippen LogP contribution in [0.4, 0.5) is 5.69 Å². The number of carbonyl (C=O) groups excluding carboxylic acids is 2. The van der Waals surface area contributed by atoms with Crippen molar-refractivity contribution in [2.45, 2.75) is 25.9 Å². The van der Waals surface area contributed by atoms with E-state index >= 15 is 0 Å². The minimum Gasteiger partial charge on any atom is -0.478 e. The van der Waals surface area contributed by atoms with Crippen LogP contribution in [0.2, 0.25) is 0 Å². The molecule has 7 heteroatoms. The second-order valence-electron chi connectivity index (χ2n) is 5.69. The topological polar surface area (TPSA) is 82.4 Å². The number of nitrogens with zero attached hydrogens (tertiary/aromatic N) is 2. The van der Waals surface area contributed by atoms with Crippen LogP contribution in [-0.2, 0) is 23.0 Å². The van der Waals surface area contributed by atoms with Crippen LogP contribution < -0.4 is 10.1 Å². The molecule has 2 aromatic rings. The van der Waals surface area contributed by atoms with Crippen molar-refractivity contribution in [2.24, 2.45) is 7.05 Å². The van der Waals surface area contributed by atoms with Gasteiger partial charge in [0.15, 0.2) is 11.9 Å². The van der Waals surface area contributed by atoms with Crippen molar-refractivity contribution in [1.82, 2.24) is 9.78 Å². The molecule has 1 amide bonds. The zero-order valence-corrected chi connectivity index (χ0v) is 13.6. The molecule has 126 valence electrons. The van der Waals surface area contributed by atoms with Gasteiger partial charge in [0.2, 0.25) is 0 Å². The highest BCUT2D eigenvalue weighted by atomic mass is 16.5. The van der Waals surface area contributed by atoms with Crippen molar-refractivity contribution in [3.63, 3.8) is 0 Å². The van der Waals surface area contributed by atoms with Gasteiger partial charge in [-0.25, -0.2) is 4.79 Å². The van der Waals surface area contributed by atoms with Crippen molar-refractivity contribution < 1.29 is 19.1 Å². The third-order valence-corrected chi connectivity index (χ3v) is 3.76. The molecule has 0 radical (unpaired) electrons. The number of amides is 1. The Hall–Kier alpha value is -2.83. The number of carbonyl (C=O) groups is 2. The molecule has 1 aromatic heterocycles. The van der Waals surface area contributed by atoms with Gasteiger partial charge in [-0.05, 0) is 37.5 Å². The molecule has 0 saturated heterocycles. The lowest BCUT2D eigenvalue weighted by atomic mass is 10.1. The minimum atomic E-state index is -0.642. The molecule has 0 bridgehead atoms. The summed E-state index contributed by atoms with van der Waals surface area (Å²) >= 11 is 0. The maximum Gasteiger partial charge on any atom is 0.342 e. The molecule has 1 atom stereocenters. The quantitative estimate of drug-likeness (QED) is 0.669. The predicted octanol–water partition coefficient (Wildman–Crippen LogP) is 1.93. The summed E-state index contributed by atoms with van der Waals surface area (Å²) in [7, 11) is 1.86. The van der Waals surface area contributed by atoms with Gasteiger partial charge in [-0.3, -0.25) is 9.48 Å². The molecule has 1 aromatic carbocycles. The molecule has 1 aliphatic heterocycles. The number of hydrogen-bond acceptors (Lipinski definition) is 5. The van der Waals surface area contributed by atoms with Crippen LogP contribution in [0, 0.1) is 0 Å². The molecule has 24 heavy (non-hydrogen) atoms. The summed E-state index contributed by atoms with van der Waals surface area (Å²) in [6, 6.07) is 5.01. The van der Waals surface area contributed by atoms with Crippen LogP contribution >= 0.6 is 0 Å². The molecule has 0 saturated carbocycles. The summed E-state index contributed by atoms with van der Waals surface area (Å²) in [5.74, 6) is -0.326. The Morgan fingerprint density at radius 3 is 3.04 bits per heavy atom. The Balaban J connectivity index is 1.59. The fourth-order valence-corrected chi connectivity index (χ4v) is 2.51. The molecule has 1 unspecified atom stereocenters. The number of rotatable bonds is 5. The first-order valence-electron chi connectivity index (χ1n) is 7.80. The van der Waals surface area contributed by atoms with Crippen LogP contribution in [0.15, 0.2) is 30.6 Å². The maximum absolute atomic E-state index is 12.3. The fraction of sp³-hybridized carbons (Fsp3) is 0.353. The second-order valence-corrected chi connectivity index (χ2v) is 5.69. The number of nitrogens with one attached hydrogen (secondary N) is 1. The second kappa shape index (κ2) is 6.74. The third-order valence-electron chi connectivity index (χ3n) is 3.76. The van der Waals surface area contributed by atoms with Crippen LogP contribution in [0.3, 0.4) is 0 Å². The summed E-state index contributed by atoms with van der Waals surface area (Å²) in [5.41, 5.74) is 1.91. The Morgan fingerprint density at radius 2 is 2.29 bits per heavy atom. The molecular weight excluding hydrogens is 310 g/mol. The number of hydrogen-bond donors (Lipinski definition) is 1. The largest absolute Gasteiger partial charge is 0.478 e. The first-order chi connectivity index (χ1) is 11.5. The van der Waals surface area contributed by atoms with Gasteiger partial charge in [0.05, 0.1) is 18.5 Å². The summed E-state index contributed by atoms with van der Waals surface area (Å²) in [5, 5.41) is 6.81. The SMILES string of the molecule is CC1Oc2c(cccc2C(=O)OCCCc2cnn(C)c2)NC1=O. The van der Waals surface area contributed by atoms with E-state index in [4.69, 9.17) is 9.47 Å². The molecule has 0 spiro atoms. The lowest BCUT2D eigenvalue weighted by Gasteiger charge is -2.24. The van der Waals surface area contributed by atoms with Gasteiger partial charge in [-0.2, -0.15) is 5.10 Å². The zero-order chi connectivity index (χ0) is 17.1. The van der Waals surface area contributed by atoms with E-state index in [0.717, 1.165) is 12.0 Å². The highest BCUT2D eigenvalue weighted by molar-refractivity contribution is 6.02. The lowest BCUT2D eigenvalue weighted by molar-refractivity contribution is -0.122. The first-order valence-corrected chi connectivity index (χ1v) is 7.80. The number of esters is 1. The molecule has 0 aliphatic carbocycles. The van der Waals surface area contributed by atoms with E-state index in [9.17, 15) is 9.59 Å². The Bertz CT molecular complexity index is 769. The zero-order valence-electron chi connectivity index (χ0n) is 13.6. The number of anilines is 1. The Morgan fingerprint density at radius 1 is 1.46 bits per heavy atom. The molecule has 1 aliphatic rings. The van der Waals surface area contributed by atoms with Gasteiger partial charge >= 0.3 is 5.97 Å². The molecular formula is C17H19N3O4. The van der Waals surface area contributed by atoms with Crippen LogP contribution in [0.25, 0.3) is 0 Å². The number of ether oxygens (including phenoxy) is 2. The summed E-state index contributed by atoms with van der Waals surface area (Å²) in [6.45, 7) is 1.94. The Labute approximate surface area is 139 Å². The molecule has 3 rings (SSSR count). The summed E-state index contributed by atoms with van der Waals surface area (Å²) in [4.78, 5) is 23.9. The van der Waals surface area contributed by atoms with E-state index in [1.165, 1.54) is 0 Å². The van der Waals surface area contributed by atoms with E-state index in [0.29, 0.717) is 30.0 Å². The summed E-state index contributed by atoms with van der Waals surface area (Å²) < 4.78 is 12.6. The molecule has 1 N–H and O–H groups in total. The third kappa shape index (κ3) is 3.40. The lowest BCUT2D eigenvalue weighted by Crippen LogP contribution is -2.35. The highest BCUT2D eigenvalue weighted by Crippen LogP contribution is 2.33. The minimum absolute atomic E-state index is 0.232. The van der Waals surface area contributed by atoms with Crippen LogP contribution in [0.1, 0.15) is 29.3 Å². The van der Waals surface area contributed by atoms with E-state index in [2.05, 4.69) is 10.4 Å². The van der Waals surface area contributed by atoms with Crippen molar-refractivity contribution >= 4 is 17.6 Å². The van der Waals surface area contributed by atoms with E-state index in [1.54, 1.807) is 36.0 Å². The average molecular weight is 329 g/mol. The average Bonchev–Trinajstić information content (AvgIpc) is 2.97. The van der Waals surface area contributed by atoms with Gasteiger partial charge in [0.25, 0.3) is 5.91 Å². The number of aryl methyl sites for hydroxylation is 2. The van der Waals surface area contributed by atoms with Crippen LogP contribution in [-0.4, -0.2) is 34.4 Å². The van der Waals surface area contributed by atoms with Crippen molar-refractivity contribution in [1.29, 1.82) is 0 Å². The van der Waals surface area contributed by atoms with Crippen LogP contribution in [0.5, 0.6) is 5.75 Å². The van der Waals surface area contributed by atoms with E-state index in [-0.39, 0.29) is 5.91 Å². The summed E-state index contributed by atoms with van der Waals surface area (Å²) in [6.07, 6.45) is 4.59. The predicted molar refractivity (Wildman–Crippen MR) is 87.0 cm³/mol. The first kappa shape index (κ1) is 16.0. The number of fused-ring (bicyclic) bond motifs is 1. The maximum atomic E-state index is 12.3. The highest BCUT2D eigenvalue weighted by Gasteiger charge is 2.28. The number of aromatic nitrogens is 2. The molecule has 7 nitrogen and oxygen atoms in total.